The number of halogens is 2. The summed E-state index contributed by atoms with van der Waals surface area (Å²) in [7, 11) is 0. The fraction of sp³-hybridized carbons (Fsp3) is 0.350. The molecule has 1 aliphatic rings. The molecule has 2 aromatic rings. The van der Waals surface area contributed by atoms with Gasteiger partial charge in [-0.3, -0.25) is 14.6 Å². The first-order chi connectivity index (χ1) is 12.5. The molecule has 6 heteroatoms. The van der Waals surface area contributed by atoms with Crippen molar-refractivity contribution in [1.82, 2.24) is 9.80 Å². The van der Waals surface area contributed by atoms with Gasteiger partial charge in [0.25, 0.3) is 0 Å². The zero-order valence-corrected chi connectivity index (χ0v) is 14.8. The number of nitrogens with zero attached hydrogens (tertiary/aromatic N) is 2. The minimum absolute atomic E-state index is 0.143. The fourth-order valence-corrected chi connectivity index (χ4v) is 3.23. The Kier molecular flexibility index (Phi) is 5.96. The largest absolute Gasteiger partial charge is 0.325 e. The standard InChI is InChI=1S/C20H23F2N3O/c1-15(16-5-7-17(21)8-6-16)25-11-9-24(10-12-25)14-20(26)23-19-4-2-3-18(22)13-19/h2-8,13,15H,9-12,14H2,1H3,(H,23,26)/t15-/m1/s1. The van der Waals surface area contributed by atoms with Crippen LogP contribution in [0.4, 0.5) is 14.5 Å². The number of amides is 1. The Morgan fingerprint density at radius 2 is 1.73 bits per heavy atom. The Bertz CT molecular complexity index is 743. The van der Waals surface area contributed by atoms with Crippen LogP contribution in [0.1, 0.15) is 18.5 Å². The molecule has 3 rings (SSSR count). The summed E-state index contributed by atoms with van der Waals surface area (Å²) in [6.07, 6.45) is 0. The summed E-state index contributed by atoms with van der Waals surface area (Å²) in [6, 6.07) is 12.7. The van der Waals surface area contributed by atoms with E-state index < -0.39 is 0 Å². The van der Waals surface area contributed by atoms with E-state index in [1.54, 1.807) is 12.1 Å². The molecule has 0 bridgehead atoms. The van der Waals surface area contributed by atoms with Crippen LogP contribution in [0, 0.1) is 11.6 Å². The molecule has 0 radical (unpaired) electrons. The number of hydrogen-bond donors (Lipinski definition) is 1. The predicted octanol–water partition coefficient (Wildman–Crippen LogP) is 3.28. The van der Waals surface area contributed by atoms with Crippen molar-refractivity contribution in [3.63, 3.8) is 0 Å². The van der Waals surface area contributed by atoms with E-state index in [1.807, 2.05) is 12.1 Å². The van der Waals surface area contributed by atoms with Gasteiger partial charge in [-0.05, 0) is 42.8 Å². The van der Waals surface area contributed by atoms with E-state index in [0.29, 0.717) is 5.69 Å². The molecular formula is C20H23F2N3O. The molecule has 1 N–H and O–H groups in total. The number of benzene rings is 2. The number of nitrogens with one attached hydrogen (secondary N) is 1. The number of anilines is 1. The van der Waals surface area contributed by atoms with Gasteiger partial charge < -0.3 is 5.32 Å². The number of hydrogen-bond acceptors (Lipinski definition) is 3. The number of carbonyl (C=O) groups excluding carboxylic acids is 1. The van der Waals surface area contributed by atoms with Crippen LogP contribution >= 0.6 is 0 Å². The molecule has 26 heavy (non-hydrogen) atoms. The molecule has 0 saturated carbocycles. The van der Waals surface area contributed by atoms with Gasteiger partial charge >= 0.3 is 0 Å². The molecule has 1 fully saturated rings. The van der Waals surface area contributed by atoms with Crippen molar-refractivity contribution in [3.8, 4) is 0 Å². The Morgan fingerprint density at radius 3 is 2.38 bits per heavy atom. The third-order valence-electron chi connectivity index (χ3n) is 4.78. The van der Waals surface area contributed by atoms with Crippen molar-refractivity contribution in [1.29, 1.82) is 0 Å². The molecule has 4 nitrogen and oxygen atoms in total. The molecule has 1 atom stereocenters. The van der Waals surface area contributed by atoms with Crippen LogP contribution in [0.2, 0.25) is 0 Å². The van der Waals surface area contributed by atoms with Crippen molar-refractivity contribution in [2.75, 3.05) is 38.0 Å². The average Bonchev–Trinajstić information content (AvgIpc) is 2.62. The number of piperazine rings is 1. The summed E-state index contributed by atoms with van der Waals surface area (Å²) in [5.41, 5.74) is 1.56. The highest BCUT2D eigenvalue weighted by Gasteiger charge is 2.23. The van der Waals surface area contributed by atoms with Crippen molar-refractivity contribution >= 4 is 11.6 Å². The minimum Gasteiger partial charge on any atom is -0.325 e. The summed E-state index contributed by atoms with van der Waals surface area (Å²) in [5.74, 6) is -0.739. The number of rotatable bonds is 5. The first kappa shape index (κ1) is 18.5. The lowest BCUT2D eigenvalue weighted by molar-refractivity contribution is -0.117. The van der Waals surface area contributed by atoms with Crippen LogP contribution in [0.15, 0.2) is 48.5 Å². The van der Waals surface area contributed by atoms with E-state index in [9.17, 15) is 13.6 Å². The Hall–Kier alpha value is -2.31. The zero-order chi connectivity index (χ0) is 18.5. The van der Waals surface area contributed by atoms with Gasteiger partial charge in [-0.25, -0.2) is 8.78 Å². The Morgan fingerprint density at radius 1 is 1.04 bits per heavy atom. The maximum Gasteiger partial charge on any atom is 0.238 e. The van der Waals surface area contributed by atoms with E-state index in [-0.39, 0.29) is 30.1 Å². The third-order valence-corrected chi connectivity index (χ3v) is 4.78. The van der Waals surface area contributed by atoms with Gasteiger partial charge in [0, 0.05) is 37.9 Å². The SMILES string of the molecule is C[C@H](c1ccc(F)cc1)N1CCN(CC(=O)Nc2cccc(F)c2)CC1. The second kappa shape index (κ2) is 8.38. The molecule has 1 heterocycles. The molecule has 1 amide bonds. The minimum atomic E-state index is -0.369. The predicted molar refractivity (Wildman–Crippen MR) is 97.9 cm³/mol. The zero-order valence-electron chi connectivity index (χ0n) is 14.8. The average molecular weight is 359 g/mol. The lowest BCUT2D eigenvalue weighted by Gasteiger charge is -2.38. The molecule has 0 aliphatic carbocycles. The Balaban J connectivity index is 1.47. The molecule has 0 spiro atoms. The monoisotopic (exact) mass is 359 g/mol. The van der Waals surface area contributed by atoms with Crippen LogP contribution in [0.25, 0.3) is 0 Å². The summed E-state index contributed by atoms with van der Waals surface area (Å²) in [4.78, 5) is 16.5. The van der Waals surface area contributed by atoms with Crippen molar-refractivity contribution in [3.05, 3.63) is 65.7 Å². The molecule has 138 valence electrons. The van der Waals surface area contributed by atoms with Gasteiger partial charge in [-0.1, -0.05) is 18.2 Å². The second-order valence-electron chi connectivity index (χ2n) is 6.60. The lowest BCUT2D eigenvalue weighted by atomic mass is 10.1. The van der Waals surface area contributed by atoms with Gasteiger partial charge in [-0.15, -0.1) is 0 Å². The molecule has 0 aromatic heterocycles. The highest BCUT2D eigenvalue weighted by Crippen LogP contribution is 2.21. The van der Waals surface area contributed by atoms with E-state index in [4.69, 9.17) is 0 Å². The molecule has 2 aromatic carbocycles. The maximum atomic E-state index is 13.2. The van der Waals surface area contributed by atoms with Crippen LogP contribution in [0.3, 0.4) is 0 Å². The summed E-state index contributed by atoms with van der Waals surface area (Å²) < 4.78 is 26.2. The smallest absolute Gasteiger partial charge is 0.238 e. The van der Waals surface area contributed by atoms with Gasteiger partial charge in [0.1, 0.15) is 11.6 Å². The summed E-state index contributed by atoms with van der Waals surface area (Å²) in [5, 5.41) is 2.73. The van der Waals surface area contributed by atoms with Crippen LogP contribution in [-0.4, -0.2) is 48.4 Å². The molecular weight excluding hydrogens is 336 g/mol. The van der Waals surface area contributed by atoms with Crippen LogP contribution in [-0.2, 0) is 4.79 Å². The third kappa shape index (κ3) is 4.86. The fourth-order valence-electron chi connectivity index (χ4n) is 3.23. The Labute approximate surface area is 152 Å². The highest BCUT2D eigenvalue weighted by atomic mass is 19.1. The topological polar surface area (TPSA) is 35.6 Å². The van der Waals surface area contributed by atoms with E-state index >= 15 is 0 Å². The van der Waals surface area contributed by atoms with Crippen molar-refractivity contribution in [2.24, 2.45) is 0 Å². The van der Waals surface area contributed by atoms with Gasteiger partial charge in [0.15, 0.2) is 0 Å². The molecule has 1 aliphatic heterocycles. The van der Waals surface area contributed by atoms with Crippen LogP contribution in [0.5, 0.6) is 0 Å². The quantitative estimate of drug-likeness (QED) is 0.890. The molecule has 1 saturated heterocycles. The normalized spacial score (nSPS) is 17.0. The van der Waals surface area contributed by atoms with Crippen molar-refractivity contribution < 1.29 is 13.6 Å². The van der Waals surface area contributed by atoms with Crippen molar-refractivity contribution in [2.45, 2.75) is 13.0 Å². The van der Waals surface area contributed by atoms with Gasteiger partial charge in [-0.2, -0.15) is 0 Å². The van der Waals surface area contributed by atoms with Gasteiger partial charge in [0.2, 0.25) is 5.91 Å². The first-order valence-electron chi connectivity index (χ1n) is 8.78. The molecule has 0 unspecified atom stereocenters. The van der Waals surface area contributed by atoms with E-state index in [2.05, 4.69) is 22.0 Å². The summed E-state index contributed by atoms with van der Waals surface area (Å²) >= 11 is 0. The first-order valence-corrected chi connectivity index (χ1v) is 8.78. The number of carbonyl (C=O) groups is 1. The summed E-state index contributed by atoms with van der Waals surface area (Å²) in [6.45, 7) is 5.64. The highest BCUT2D eigenvalue weighted by molar-refractivity contribution is 5.92. The maximum absolute atomic E-state index is 13.2. The van der Waals surface area contributed by atoms with E-state index in [1.165, 1.54) is 24.3 Å². The van der Waals surface area contributed by atoms with Gasteiger partial charge in [0.05, 0.1) is 6.54 Å². The second-order valence-corrected chi connectivity index (χ2v) is 6.60. The van der Waals surface area contributed by atoms with Crippen LogP contribution < -0.4 is 5.32 Å². The lowest BCUT2D eigenvalue weighted by Crippen LogP contribution is -2.49. The van der Waals surface area contributed by atoms with E-state index in [0.717, 1.165) is 31.7 Å².